The van der Waals surface area contributed by atoms with E-state index in [9.17, 15) is 4.79 Å². The fraction of sp³-hybridized carbons (Fsp3) is 0.308. The molecule has 17 heavy (non-hydrogen) atoms. The van der Waals surface area contributed by atoms with Gasteiger partial charge in [0.05, 0.1) is 11.2 Å². The Labute approximate surface area is 100 Å². The van der Waals surface area contributed by atoms with Crippen molar-refractivity contribution in [2.75, 3.05) is 5.73 Å². The molecule has 4 N–H and O–H groups in total. The first-order valence-electron chi connectivity index (χ1n) is 5.80. The average Bonchev–Trinajstić information content (AvgIpc) is 2.74. The minimum absolute atomic E-state index is 0.0880. The topological polar surface area (TPSA) is 70.9 Å². The second-order valence-electron chi connectivity index (χ2n) is 4.28. The van der Waals surface area contributed by atoms with Crippen LogP contribution in [0.25, 0.3) is 10.9 Å². The highest BCUT2D eigenvalue weighted by molar-refractivity contribution is 6.00. The van der Waals surface area contributed by atoms with Crippen molar-refractivity contribution < 1.29 is 4.79 Å². The summed E-state index contributed by atoms with van der Waals surface area (Å²) in [6.45, 7) is 4.02. The van der Waals surface area contributed by atoms with Crippen molar-refractivity contribution in [3.8, 4) is 0 Å². The lowest BCUT2D eigenvalue weighted by molar-refractivity contribution is 0.0935. The smallest absolute Gasteiger partial charge is 0.267 e. The van der Waals surface area contributed by atoms with Crippen molar-refractivity contribution in [3.05, 3.63) is 30.0 Å². The number of carbonyl (C=O) groups is 1. The lowest BCUT2D eigenvalue weighted by atomic mass is 10.2. The van der Waals surface area contributed by atoms with Gasteiger partial charge >= 0.3 is 0 Å². The molecule has 0 bridgehead atoms. The first-order chi connectivity index (χ1) is 8.11. The third-order valence-corrected chi connectivity index (χ3v) is 2.92. The van der Waals surface area contributed by atoms with Crippen LogP contribution in [0.3, 0.4) is 0 Å². The summed E-state index contributed by atoms with van der Waals surface area (Å²) in [5.41, 5.74) is 7.87. The molecule has 0 saturated carbocycles. The van der Waals surface area contributed by atoms with E-state index in [0.29, 0.717) is 11.4 Å². The molecule has 0 aliphatic carbocycles. The van der Waals surface area contributed by atoms with Crippen molar-refractivity contribution in [2.24, 2.45) is 0 Å². The Kier molecular flexibility index (Phi) is 3.04. The van der Waals surface area contributed by atoms with Gasteiger partial charge in [0.2, 0.25) is 0 Å². The number of benzene rings is 1. The first-order valence-corrected chi connectivity index (χ1v) is 5.80. The van der Waals surface area contributed by atoms with Crippen LogP contribution in [-0.4, -0.2) is 16.9 Å². The molecule has 1 amide bonds. The number of nitrogen functional groups attached to an aromatic ring is 1. The molecule has 2 aromatic rings. The summed E-state index contributed by atoms with van der Waals surface area (Å²) in [5, 5.41) is 3.87. The maximum atomic E-state index is 11.9. The number of nitrogens with two attached hydrogens (primary N) is 1. The van der Waals surface area contributed by atoms with Crippen LogP contribution in [0.2, 0.25) is 0 Å². The molecular weight excluding hydrogens is 214 g/mol. The number of aromatic nitrogens is 1. The molecule has 2 rings (SSSR count). The zero-order chi connectivity index (χ0) is 12.4. The number of fused-ring (bicyclic) bond motifs is 1. The van der Waals surface area contributed by atoms with Crippen LogP contribution in [0, 0.1) is 0 Å². The summed E-state index contributed by atoms with van der Waals surface area (Å²) in [4.78, 5) is 15.0. The van der Waals surface area contributed by atoms with Gasteiger partial charge in [0.1, 0.15) is 5.69 Å². The Bertz CT molecular complexity index is 545. The molecule has 1 heterocycles. The van der Waals surface area contributed by atoms with Gasteiger partial charge < -0.3 is 16.0 Å². The molecule has 90 valence electrons. The molecular formula is C13H17N3O. The Balaban J connectivity index is 2.30. The van der Waals surface area contributed by atoms with Gasteiger partial charge in [0, 0.05) is 11.4 Å². The summed E-state index contributed by atoms with van der Waals surface area (Å²) < 4.78 is 0. The van der Waals surface area contributed by atoms with E-state index in [1.165, 1.54) is 0 Å². The summed E-state index contributed by atoms with van der Waals surface area (Å²) in [7, 11) is 0. The van der Waals surface area contributed by atoms with Gasteiger partial charge in [-0.05, 0) is 25.5 Å². The van der Waals surface area contributed by atoms with Gasteiger partial charge in [-0.1, -0.05) is 19.1 Å². The van der Waals surface area contributed by atoms with Crippen LogP contribution < -0.4 is 11.1 Å². The summed E-state index contributed by atoms with van der Waals surface area (Å²) in [6, 6.07) is 7.62. The predicted octanol–water partition coefficient (Wildman–Crippen LogP) is 2.28. The van der Waals surface area contributed by atoms with E-state index in [4.69, 9.17) is 5.73 Å². The minimum Gasteiger partial charge on any atom is -0.397 e. The van der Waals surface area contributed by atoms with E-state index >= 15 is 0 Å². The van der Waals surface area contributed by atoms with E-state index in [1.54, 1.807) is 0 Å². The van der Waals surface area contributed by atoms with E-state index in [1.807, 2.05) is 38.1 Å². The normalized spacial score (nSPS) is 12.6. The molecule has 0 aliphatic heterocycles. The van der Waals surface area contributed by atoms with Crippen LogP contribution in [0.4, 0.5) is 5.69 Å². The van der Waals surface area contributed by atoms with Gasteiger partial charge in [-0.2, -0.15) is 0 Å². The second kappa shape index (κ2) is 4.49. The zero-order valence-corrected chi connectivity index (χ0v) is 10.1. The highest BCUT2D eigenvalue weighted by Crippen LogP contribution is 2.21. The summed E-state index contributed by atoms with van der Waals surface area (Å²) in [5.74, 6) is -0.0880. The molecule has 4 heteroatoms. The second-order valence-corrected chi connectivity index (χ2v) is 4.28. The monoisotopic (exact) mass is 231 g/mol. The molecule has 1 unspecified atom stereocenters. The fourth-order valence-corrected chi connectivity index (χ4v) is 1.71. The number of aromatic amines is 1. The number of anilines is 1. The van der Waals surface area contributed by atoms with Gasteiger partial charge in [-0.25, -0.2) is 0 Å². The van der Waals surface area contributed by atoms with Crippen molar-refractivity contribution in [1.29, 1.82) is 0 Å². The summed E-state index contributed by atoms with van der Waals surface area (Å²) >= 11 is 0. The van der Waals surface area contributed by atoms with E-state index < -0.39 is 0 Å². The van der Waals surface area contributed by atoms with E-state index in [-0.39, 0.29) is 11.9 Å². The highest BCUT2D eigenvalue weighted by Gasteiger charge is 2.12. The maximum Gasteiger partial charge on any atom is 0.267 e. The van der Waals surface area contributed by atoms with Crippen LogP contribution in [0.1, 0.15) is 30.8 Å². The number of hydrogen-bond donors (Lipinski definition) is 3. The quantitative estimate of drug-likeness (QED) is 0.709. The first kappa shape index (κ1) is 11.5. The zero-order valence-electron chi connectivity index (χ0n) is 10.1. The lowest BCUT2D eigenvalue weighted by Gasteiger charge is -2.09. The number of rotatable bonds is 3. The maximum absolute atomic E-state index is 11.9. The van der Waals surface area contributed by atoms with E-state index in [2.05, 4.69) is 10.3 Å². The number of para-hydroxylation sites is 1. The predicted molar refractivity (Wildman–Crippen MR) is 69.9 cm³/mol. The number of carbonyl (C=O) groups excluding carboxylic acids is 1. The highest BCUT2D eigenvalue weighted by atomic mass is 16.1. The van der Waals surface area contributed by atoms with E-state index in [0.717, 1.165) is 17.3 Å². The van der Waals surface area contributed by atoms with Crippen molar-refractivity contribution in [1.82, 2.24) is 10.3 Å². The molecule has 0 saturated heterocycles. The Morgan fingerprint density at radius 1 is 1.53 bits per heavy atom. The van der Waals surface area contributed by atoms with Crippen molar-refractivity contribution in [2.45, 2.75) is 26.3 Å². The lowest BCUT2D eigenvalue weighted by Crippen LogP contribution is -2.32. The standard InChI is InChI=1S/C13H17N3O/c1-3-8(2)15-13(17)11-7-9-5-4-6-10(14)12(9)16-11/h4-8,16H,3,14H2,1-2H3,(H,15,17). The Hall–Kier alpha value is -1.97. The minimum atomic E-state index is -0.0880. The molecule has 1 atom stereocenters. The molecule has 1 aromatic carbocycles. The van der Waals surface area contributed by atoms with Crippen LogP contribution in [0.15, 0.2) is 24.3 Å². The van der Waals surface area contributed by atoms with Gasteiger partial charge in [0.25, 0.3) is 5.91 Å². The fourth-order valence-electron chi connectivity index (χ4n) is 1.71. The van der Waals surface area contributed by atoms with Crippen LogP contribution in [-0.2, 0) is 0 Å². The van der Waals surface area contributed by atoms with Crippen LogP contribution in [0.5, 0.6) is 0 Å². The number of H-pyrrole nitrogens is 1. The van der Waals surface area contributed by atoms with Gasteiger partial charge in [0.15, 0.2) is 0 Å². The van der Waals surface area contributed by atoms with Gasteiger partial charge in [-0.3, -0.25) is 4.79 Å². The van der Waals surface area contributed by atoms with Crippen molar-refractivity contribution >= 4 is 22.5 Å². The molecule has 0 radical (unpaired) electrons. The molecule has 0 spiro atoms. The van der Waals surface area contributed by atoms with Gasteiger partial charge in [-0.15, -0.1) is 0 Å². The molecule has 0 aliphatic rings. The molecule has 0 fully saturated rings. The largest absolute Gasteiger partial charge is 0.397 e. The number of hydrogen-bond acceptors (Lipinski definition) is 2. The summed E-state index contributed by atoms with van der Waals surface area (Å²) in [6.07, 6.45) is 0.911. The Morgan fingerprint density at radius 3 is 2.94 bits per heavy atom. The number of amides is 1. The molecule has 1 aromatic heterocycles. The number of nitrogens with one attached hydrogen (secondary N) is 2. The van der Waals surface area contributed by atoms with Crippen LogP contribution >= 0.6 is 0 Å². The average molecular weight is 231 g/mol. The third kappa shape index (κ3) is 2.25. The third-order valence-electron chi connectivity index (χ3n) is 2.92. The SMILES string of the molecule is CCC(C)NC(=O)c1cc2cccc(N)c2[nH]1. The molecule has 4 nitrogen and oxygen atoms in total. The Morgan fingerprint density at radius 2 is 2.29 bits per heavy atom. The van der Waals surface area contributed by atoms with Crippen molar-refractivity contribution in [3.63, 3.8) is 0 Å².